The number of hydrogen-bond donors (Lipinski definition) is 3. The maximum absolute atomic E-state index is 11.2. The second-order valence-corrected chi connectivity index (χ2v) is 8.39. The van der Waals surface area contributed by atoms with Gasteiger partial charge in [-0.2, -0.15) is 0 Å². The summed E-state index contributed by atoms with van der Waals surface area (Å²) in [6.45, 7) is 2.20. The van der Waals surface area contributed by atoms with Crippen molar-refractivity contribution in [2.24, 2.45) is 5.73 Å². The molecule has 7 heteroatoms. The van der Waals surface area contributed by atoms with Gasteiger partial charge in [-0.25, -0.2) is 0 Å². The van der Waals surface area contributed by atoms with Crippen molar-refractivity contribution in [2.75, 3.05) is 12.9 Å². The minimum absolute atomic E-state index is 0.187. The number of carboxylic acids is 1. The average molecular weight is 454 g/mol. The summed E-state index contributed by atoms with van der Waals surface area (Å²) in [6.07, 6.45) is 22.1. The summed E-state index contributed by atoms with van der Waals surface area (Å²) in [4.78, 5) is 22.2. The van der Waals surface area contributed by atoms with E-state index in [2.05, 4.69) is 29.9 Å². The zero-order valence-corrected chi connectivity index (χ0v) is 19.6. The van der Waals surface area contributed by atoms with E-state index in [1.54, 1.807) is 0 Å². The molecule has 0 radical (unpaired) electrons. The van der Waals surface area contributed by atoms with Crippen LogP contribution in [0.2, 0.25) is 0 Å². The zero-order valence-electron chi connectivity index (χ0n) is 18.8. The van der Waals surface area contributed by atoms with Crippen LogP contribution in [0.1, 0.15) is 58.3 Å². The second kappa shape index (κ2) is 20.1. The monoisotopic (exact) mass is 453 g/mol. The highest BCUT2D eigenvalue weighted by Gasteiger charge is 2.20. The Morgan fingerprint density at radius 3 is 2.48 bits per heavy atom. The van der Waals surface area contributed by atoms with Gasteiger partial charge in [0.1, 0.15) is 6.04 Å². The molecule has 176 valence electrons. The van der Waals surface area contributed by atoms with Crippen LogP contribution >= 0.6 is 11.8 Å². The second-order valence-electron chi connectivity index (χ2n) is 7.18. The fourth-order valence-corrected chi connectivity index (χ4v) is 3.70. The van der Waals surface area contributed by atoms with Gasteiger partial charge in [0.15, 0.2) is 0 Å². The number of nitrogens with two attached hydrogens (primary N) is 1. The molecule has 6 nitrogen and oxygen atoms in total. The van der Waals surface area contributed by atoms with Crippen LogP contribution < -0.4 is 5.73 Å². The summed E-state index contributed by atoms with van der Waals surface area (Å²) in [7, 11) is 1.33. The molecule has 0 fully saturated rings. The summed E-state index contributed by atoms with van der Waals surface area (Å²) in [5, 5.41) is 19.1. The average Bonchev–Trinajstić information content (AvgIpc) is 2.75. The van der Waals surface area contributed by atoms with E-state index in [4.69, 9.17) is 10.8 Å². The molecular formula is C24H39NO5S. The van der Waals surface area contributed by atoms with E-state index in [-0.39, 0.29) is 23.4 Å². The predicted octanol–water partition coefficient (Wildman–Crippen LogP) is 4.40. The van der Waals surface area contributed by atoms with Gasteiger partial charge in [0.25, 0.3) is 0 Å². The van der Waals surface area contributed by atoms with Gasteiger partial charge in [-0.05, 0) is 32.1 Å². The number of carboxylic acid groups (broad SMARTS) is 1. The zero-order chi connectivity index (χ0) is 23.3. The third-order valence-corrected chi connectivity index (χ3v) is 5.86. The molecule has 0 rings (SSSR count). The van der Waals surface area contributed by atoms with E-state index >= 15 is 0 Å². The molecule has 0 saturated heterocycles. The van der Waals surface area contributed by atoms with Crippen molar-refractivity contribution in [1.29, 1.82) is 0 Å². The maximum atomic E-state index is 11.2. The summed E-state index contributed by atoms with van der Waals surface area (Å²) in [6, 6.07) is -0.989. The molecule has 0 amide bonds. The van der Waals surface area contributed by atoms with Gasteiger partial charge in [-0.3, -0.25) is 9.59 Å². The van der Waals surface area contributed by atoms with Gasteiger partial charge in [0.05, 0.1) is 13.2 Å². The third kappa shape index (κ3) is 17.5. The number of thioether (sulfide) groups is 1. The first kappa shape index (κ1) is 29.2. The molecule has 31 heavy (non-hydrogen) atoms. The van der Waals surface area contributed by atoms with E-state index in [0.29, 0.717) is 12.8 Å². The Hall–Kier alpha value is -1.83. The lowest BCUT2D eigenvalue weighted by molar-refractivity contribution is -0.141. The molecule has 3 atom stereocenters. The number of aliphatic hydroxyl groups excluding tert-OH is 1. The quantitative estimate of drug-likeness (QED) is 0.122. The molecular weight excluding hydrogens is 414 g/mol. The van der Waals surface area contributed by atoms with Crippen LogP contribution in [0.4, 0.5) is 0 Å². The lowest BCUT2D eigenvalue weighted by Gasteiger charge is -2.20. The van der Waals surface area contributed by atoms with E-state index in [9.17, 15) is 14.7 Å². The number of rotatable bonds is 18. The number of carbonyl (C=O) groups is 2. The largest absolute Gasteiger partial charge is 0.480 e. The first-order chi connectivity index (χ1) is 14.9. The van der Waals surface area contributed by atoms with Gasteiger partial charge in [-0.15, -0.1) is 11.8 Å². The number of hydrogen-bond acceptors (Lipinski definition) is 6. The molecule has 0 saturated carbocycles. The van der Waals surface area contributed by atoms with Crippen molar-refractivity contribution < 1.29 is 24.5 Å². The highest BCUT2D eigenvalue weighted by molar-refractivity contribution is 8.00. The summed E-state index contributed by atoms with van der Waals surface area (Å²) < 4.78 is 4.61. The molecule has 0 aromatic rings. The number of methoxy groups -OCH3 is 1. The van der Waals surface area contributed by atoms with Crippen LogP contribution in [-0.2, 0) is 14.3 Å². The summed E-state index contributed by atoms with van der Waals surface area (Å²) in [5.74, 6) is -1.20. The maximum Gasteiger partial charge on any atom is 0.321 e. The summed E-state index contributed by atoms with van der Waals surface area (Å²) in [5.41, 5.74) is 5.58. The Kier molecular flexibility index (Phi) is 18.9. The highest BCUT2D eigenvalue weighted by Crippen LogP contribution is 2.21. The molecule has 0 aromatic carbocycles. The first-order valence-corrected chi connectivity index (χ1v) is 12.0. The van der Waals surface area contributed by atoms with Crippen LogP contribution in [0.15, 0.2) is 48.6 Å². The highest BCUT2D eigenvalue weighted by atomic mass is 32.2. The first-order valence-electron chi connectivity index (χ1n) is 10.9. The number of ether oxygens (including phenoxy) is 1. The lowest BCUT2D eigenvalue weighted by atomic mass is 10.1. The minimum Gasteiger partial charge on any atom is -0.480 e. The molecule has 0 aliphatic rings. The summed E-state index contributed by atoms with van der Waals surface area (Å²) >= 11 is 1.29. The van der Waals surface area contributed by atoms with Crippen LogP contribution in [0.5, 0.6) is 0 Å². The van der Waals surface area contributed by atoms with Crippen LogP contribution in [0, 0.1) is 0 Å². The Bertz CT molecular complexity index is 601. The Morgan fingerprint density at radius 2 is 1.81 bits per heavy atom. The SMILES string of the molecule is CCCCC/C=C\C\C=C/C=C\C=C/C(SCC(N)C(=O)O)[C@@H](O)CCCC(=O)OC. The van der Waals surface area contributed by atoms with Crippen molar-refractivity contribution in [2.45, 2.75) is 75.7 Å². The smallest absolute Gasteiger partial charge is 0.321 e. The molecule has 0 aliphatic heterocycles. The number of esters is 1. The van der Waals surface area contributed by atoms with Gasteiger partial charge in [0, 0.05) is 17.4 Å². The Morgan fingerprint density at radius 1 is 1.06 bits per heavy atom. The van der Waals surface area contributed by atoms with E-state index < -0.39 is 18.1 Å². The molecule has 0 aromatic heterocycles. The molecule has 0 aliphatic carbocycles. The van der Waals surface area contributed by atoms with Gasteiger partial charge in [-0.1, -0.05) is 68.4 Å². The fraction of sp³-hybridized carbons (Fsp3) is 0.583. The number of aliphatic hydroxyl groups is 1. The van der Waals surface area contributed by atoms with E-state index in [1.165, 1.54) is 38.1 Å². The van der Waals surface area contributed by atoms with Crippen molar-refractivity contribution in [3.05, 3.63) is 48.6 Å². The number of aliphatic carboxylic acids is 1. The van der Waals surface area contributed by atoms with E-state index in [1.807, 2.05) is 30.4 Å². The molecule has 0 spiro atoms. The molecule has 4 N–H and O–H groups in total. The Balaban J connectivity index is 4.55. The topological polar surface area (TPSA) is 110 Å². The normalized spacial score (nSPS) is 15.2. The van der Waals surface area contributed by atoms with Crippen LogP contribution in [0.3, 0.4) is 0 Å². The molecule has 0 heterocycles. The van der Waals surface area contributed by atoms with Crippen molar-refractivity contribution in [3.8, 4) is 0 Å². The third-order valence-electron chi connectivity index (χ3n) is 4.46. The van der Waals surface area contributed by atoms with Crippen molar-refractivity contribution in [1.82, 2.24) is 0 Å². The number of allylic oxidation sites excluding steroid dienone is 7. The number of unbranched alkanes of at least 4 members (excludes halogenated alkanes) is 3. The van der Waals surface area contributed by atoms with Gasteiger partial charge >= 0.3 is 11.9 Å². The lowest BCUT2D eigenvalue weighted by Crippen LogP contribution is -2.34. The van der Waals surface area contributed by atoms with Crippen molar-refractivity contribution >= 4 is 23.7 Å². The molecule has 0 bridgehead atoms. The number of carbonyl (C=O) groups excluding carboxylic acids is 1. The van der Waals surface area contributed by atoms with Gasteiger partial charge < -0.3 is 20.7 Å². The van der Waals surface area contributed by atoms with Crippen molar-refractivity contribution in [3.63, 3.8) is 0 Å². The van der Waals surface area contributed by atoms with Crippen LogP contribution in [-0.4, -0.2) is 52.4 Å². The standard InChI is InChI=1S/C24H39NO5S/c1-3-4-5-6-7-8-9-10-11-12-13-14-17-22(31-19-20(25)24(28)29)21(26)16-15-18-23(27)30-2/h7-8,10-14,17,20-22,26H,3-6,9,15-16,18-19,25H2,1-2H3,(H,28,29)/b8-7-,11-10-,13-12-,17-14-/t20?,21-,22?/m0/s1. The van der Waals surface area contributed by atoms with E-state index in [0.717, 1.165) is 12.8 Å². The van der Waals surface area contributed by atoms with Crippen LogP contribution in [0.25, 0.3) is 0 Å². The minimum atomic E-state index is -1.07. The van der Waals surface area contributed by atoms with Gasteiger partial charge in [0.2, 0.25) is 0 Å². The molecule has 2 unspecified atom stereocenters. The predicted molar refractivity (Wildman–Crippen MR) is 129 cm³/mol. The Labute approximate surface area is 191 Å². The fourth-order valence-electron chi connectivity index (χ4n) is 2.57.